The molecule has 6 heterocycles. The Balaban J connectivity index is 0.799. The van der Waals surface area contributed by atoms with E-state index >= 15 is 0 Å². The molecule has 66 heavy (non-hydrogen) atoms. The maximum absolute atomic E-state index is 14.2. The lowest BCUT2D eigenvalue weighted by Gasteiger charge is -2.28. The summed E-state index contributed by atoms with van der Waals surface area (Å²) in [5.41, 5.74) is 8.33. The first-order chi connectivity index (χ1) is 32.3. The van der Waals surface area contributed by atoms with Gasteiger partial charge < -0.3 is 25.4 Å². The molecule has 2 aliphatic heterocycles. The summed E-state index contributed by atoms with van der Waals surface area (Å²) in [5.74, 6) is 6.45. The number of nitrogens with one attached hydrogen (secondary N) is 4. The Morgan fingerprint density at radius 2 is 1.33 bits per heavy atom. The van der Waals surface area contributed by atoms with Gasteiger partial charge in [0.1, 0.15) is 11.9 Å². The maximum atomic E-state index is 14.2. The van der Waals surface area contributed by atoms with Crippen LogP contribution in [0.15, 0.2) is 140 Å². The summed E-state index contributed by atoms with van der Waals surface area (Å²) in [4.78, 5) is 73.0. The monoisotopic (exact) mass is 876 g/mol. The third kappa shape index (κ3) is 10.3. The highest BCUT2D eigenvalue weighted by Crippen LogP contribution is 2.35. The van der Waals surface area contributed by atoms with Gasteiger partial charge in [-0.2, -0.15) is 5.10 Å². The van der Waals surface area contributed by atoms with Crippen molar-refractivity contribution >= 4 is 23.6 Å². The number of nitrogens with zero attached hydrogens (tertiary/aromatic N) is 6. The van der Waals surface area contributed by atoms with Gasteiger partial charge in [-0.3, -0.25) is 34.2 Å². The van der Waals surface area contributed by atoms with Crippen molar-refractivity contribution in [2.75, 3.05) is 19.6 Å². The van der Waals surface area contributed by atoms with Gasteiger partial charge in [0.2, 0.25) is 23.6 Å². The Hall–Kier alpha value is -8.18. The number of pyridine rings is 2. The molecule has 2 fully saturated rings. The molecule has 14 heteroatoms. The maximum Gasteiger partial charge on any atom is 0.250 e. The van der Waals surface area contributed by atoms with Crippen LogP contribution in [0.4, 0.5) is 0 Å². The van der Waals surface area contributed by atoms with Crippen molar-refractivity contribution in [2.24, 2.45) is 0 Å². The minimum Gasteiger partial charge on any atom is -0.347 e. The molecule has 4 N–H and O–H groups in total. The molecular weight excluding hydrogens is 829 g/mol. The highest BCUT2D eigenvalue weighted by Gasteiger charge is 2.37. The molecule has 4 aromatic heterocycles. The van der Waals surface area contributed by atoms with Gasteiger partial charge in [0.05, 0.1) is 54.7 Å². The van der Waals surface area contributed by atoms with E-state index in [9.17, 15) is 19.2 Å². The normalized spacial score (nSPS) is 16.0. The minimum atomic E-state index is -0.840. The fraction of sp³-hybridized carbons (Fsp3) is 0.231. The number of carbonyl (C=O) groups is 4. The third-order valence-electron chi connectivity index (χ3n) is 12.0. The highest BCUT2D eigenvalue weighted by molar-refractivity contribution is 5.90. The first-order valence-electron chi connectivity index (χ1n) is 22.2. The van der Waals surface area contributed by atoms with Crippen LogP contribution in [-0.2, 0) is 32.0 Å². The summed E-state index contributed by atoms with van der Waals surface area (Å²) in [5, 5.41) is 13.5. The number of carbonyl (C=O) groups excluding carboxylic acids is 4. The predicted octanol–water partition coefficient (Wildman–Crippen LogP) is 6.44. The van der Waals surface area contributed by atoms with Crippen LogP contribution in [-0.4, -0.2) is 83.2 Å². The van der Waals surface area contributed by atoms with Gasteiger partial charge in [0.15, 0.2) is 0 Å². The largest absolute Gasteiger partial charge is 0.347 e. The molecule has 7 aromatic rings. The average Bonchev–Trinajstić information content (AvgIpc) is 4.21. The lowest BCUT2D eigenvalue weighted by molar-refractivity contribution is -0.137. The number of benzene rings is 3. The first kappa shape index (κ1) is 43.1. The minimum absolute atomic E-state index is 0.0609. The second kappa shape index (κ2) is 20.1. The molecule has 3 unspecified atom stereocenters. The number of H-pyrrole nitrogens is 2. The molecule has 9 rings (SSSR count). The number of amides is 4. The van der Waals surface area contributed by atoms with E-state index in [1.54, 1.807) is 43.1 Å². The van der Waals surface area contributed by atoms with Crippen LogP contribution in [0.2, 0.25) is 0 Å². The van der Waals surface area contributed by atoms with Gasteiger partial charge in [0, 0.05) is 54.6 Å². The summed E-state index contributed by atoms with van der Waals surface area (Å²) >= 11 is 0. The number of hydrogen-bond acceptors (Lipinski definition) is 8. The van der Waals surface area contributed by atoms with Crippen molar-refractivity contribution in [2.45, 2.75) is 56.7 Å². The van der Waals surface area contributed by atoms with E-state index in [2.05, 4.69) is 47.6 Å². The molecule has 0 radical (unpaired) electrons. The molecule has 0 aliphatic carbocycles. The number of imidazole rings is 1. The van der Waals surface area contributed by atoms with Crippen molar-refractivity contribution in [3.8, 4) is 34.4 Å². The second-order valence-electron chi connectivity index (χ2n) is 16.5. The standard InChI is InChI=1S/C52H48N10O4/c63-47(28-37-8-4-24-53-31-37)55-34-49(65)61-26-6-12-45(61)43-30-42(59-60-43)39-20-16-35(17-21-39)14-15-36-18-22-40(23-19-36)44-33-56-51(57-44)46-13-7-27-62(46)52(66)50(41-10-2-1-3-11-41)58-48(64)29-38-9-5-25-54-32-38/h1-5,8-11,16-25,30-33,45-46,50H,6-7,12-13,26-29,34H2,(H,55,63)(H,56,57)(H,58,64)(H,59,60). The van der Waals surface area contributed by atoms with Crippen LogP contribution in [0.3, 0.4) is 0 Å². The number of aromatic nitrogens is 6. The van der Waals surface area contributed by atoms with Gasteiger partial charge in [-0.15, -0.1) is 0 Å². The van der Waals surface area contributed by atoms with Gasteiger partial charge in [-0.1, -0.05) is 78.6 Å². The van der Waals surface area contributed by atoms with Crippen molar-refractivity contribution in [3.05, 3.63) is 180 Å². The number of aromatic amines is 2. The zero-order valence-electron chi connectivity index (χ0n) is 36.2. The fourth-order valence-corrected chi connectivity index (χ4v) is 8.64. The smallest absolute Gasteiger partial charge is 0.250 e. The first-order valence-corrected chi connectivity index (χ1v) is 22.2. The Morgan fingerprint density at radius 1 is 0.697 bits per heavy atom. The fourth-order valence-electron chi connectivity index (χ4n) is 8.64. The Kier molecular flexibility index (Phi) is 13.1. The molecule has 4 amide bonds. The molecule has 0 saturated carbocycles. The molecule has 0 spiro atoms. The van der Waals surface area contributed by atoms with Crippen molar-refractivity contribution in [3.63, 3.8) is 0 Å². The number of likely N-dealkylation sites (tertiary alicyclic amines) is 2. The zero-order chi connectivity index (χ0) is 45.2. The molecule has 3 atom stereocenters. The Labute approximate surface area is 382 Å². The van der Waals surface area contributed by atoms with Crippen LogP contribution in [0.25, 0.3) is 22.5 Å². The number of rotatable bonds is 13. The zero-order valence-corrected chi connectivity index (χ0v) is 36.2. The Morgan fingerprint density at radius 3 is 2.00 bits per heavy atom. The van der Waals surface area contributed by atoms with Crippen LogP contribution in [0.1, 0.15) is 83.1 Å². The van der Waals surface area contributed by atoms with Crippen LogP contribution in [0, 0.1) is 11.8 Å². The summed E-state index contributed by atoms with van der Waals surface area (Å²) in [7, 11) is 0. The Bertz CT molecular complexity index is 2850. The molecular formula is C52H48N10O4. The van der Waals surface area contributed by atoms with Gasteiger partial charge in [-0.25, -0.2) is 4.98 Å². The molecule has 3 aromatic carbocycles. The predicted molar refractivity (Wildman–Crippen MR) is 248 cm³/mol. The lowest BCUT2D eigenvalue weighted by Crippen LogP contribution is -2.43. The van der Waals surface area contributed by atoms with Gasteiger partial charge in [0.25, 0.3) is 0 Å². The van der Waals surface area contributed by atoms with Crippen molar-refractivity contribution < 1.29 is 19.2 Å². The summed E-state index contributed by atoms with van der Waals surface area (Å²) < 4.78 is 0. The van der Waals surface area contributed by atoms with Crippen molar-refractivity contribution in [1.82, 2.24) is 50.6 Å². The lowest BCUT2D eigenvalue weighted by atomic mass is 10.0. The molecule has 2 saturated heterocycles. The van der Waals surface area contributed by atoms with E-state index in [0.717, 1.165) is 81.7 Å². The van der Waals surface area contributed by atoms with E-state index in [1.807, 2.05) is 107 Å². The topological polar surface area (TPSA) is 182 Å². The van der Waals surface area contributed by atoms with E-state index < -0.39 is 6.04 Å². The van der Waals surface area contributed by atoms with Crippen LogP contribution in [0.5, 0.6) is 0 Å². The second-order valence-corrected chi connectivity index (χ2v) is 16.5. The van der Waals surface area contributed by atoms with E-state index in [0.29, 0.717) is 18.9 Å². The van der Waals surface area contributed by atoms with Gasteiger partial charge >= 0.3 is 0 Å². The van der Waals surface area contributed by atoms with Gasteiger partial charge in [-0.05, 0) is 90.4 Å². The highest BCUT2D eigenvalue weighted by atomic mass is 16.2. The van der Waals surface area contributed by atoms with Crippen LogP contribution < -0.4 is 10.6 Å². The van der Waals surface area contributed by atoms with Crippen molar-refractivity contribution in [1.29, 1.82) is 0 Å². The molecule has 14 nitrogen and oxygen atoms in total. The van der Waals surface area contributed by atoms with E-state index in [1.165, 1.54) is 0 Å². The SMILES string of the molecule is O=C(Cc1cccnc1)NCC(=O)N1CCCC1c1cc(-c2ccc(C#Cc3ccc(-c4cnc(C5CCCN5C(=O)C(NC(=O)Cc5cccnc5)c5ccccc5)[nH]4)cc3)cc2)n[nH]1. The molecule has 330 valence electrons. The van der Waals surface area contributed by atoms with E-state index in [-0.39, 0.29) is 55.1 Å². The summed E-state index contributed by atoms with van der Waals surface area (Å²) in [6.45, 7) is 1.12. The average molecular weight is 877 g/mol. The molecule has 0 bridgehead atoms. The third-order valence-corrected chi connectivity index (χ3v) is 12.0. The van der Waals surface area contributed by atoms with E-state index in [4.69, 9.17) is 4.98 Å². The molecule has 2 aliphatic rings. The quantitative estimate of drug-likeness (QED) is 0.0955. The number of hydrogen-bond donors (Lipinski definition) is 4. The van der Waals surface area contributed by atoms with Crippen LogP contribution >= 0.6 is 0 Å². The summed E-state index contributed by atoms with van der Waals surface area (Å²) in [6, 6.07) is 33.2. The summed E-state index contributed by atoms with van der Waals surface area (Å²) in [6.07, 6.45) is 12.0.